The lowest BCUT2D eigenvalue weighted by atomic mass is 10.1. The van der Waals surface area contributed by atoms with Gasteiger partial charge in [-0.1, -0.05) is 17.7 Å². The van der Waals surface area contributed by atoms with Crippen molar-refractivity contribution in [3.8, 4) is 10.4 Å². The van der Waals surface area contributed by atoms with Crippen LogP contribution >= 0.6 is 22.9 Å². The number of Topliss-reactive ketones (excluding diaryl/α,β-unsaturated/α-hetero) is 1. The van der Waals surface area contributed by atoms with E-state index in [1.807, 2.05) is 0 Å². The number of benzene rings is 1. The minimum absolute atomic E-state index is 0.110. The maximum Gasteiger partial charge on any atom is 0.417 e. The molecule has 0 aliphatic rings. The van der Waals surface area contributed by atoms with E-state index in [9.17, 15) is 18.0 Å². The highest BCUT2D eigenvalue weighted by Gasteiger charge is 2.33. The van der Waals surface area contributed by atoms with Crippen molar-refractivity contribution < 1.29 is 18.0 Å². The lowest BCUT2D eigenvalue weighted by Crippen LogP contribution is -2.05. The first-order valence-electron chi connectivity index (χ1n) is 5.27. The Kier molecular flexibility index (Phi) is 3.69. The molecular weight excluding hydrogens is 297 g/mol. The van der Waals surface area contributed by atoms with E-state index in [1.54, 1.807) is 12.1 Å². The molecular formula is C13H8ClF3OS. The molecule has 0 saturated heterocycles. The molecule has 0 bridgehead atoms. The van der Waals surface area contributed by atoms with Crippen molar-refractivity contribution in [1.82, 2.24) is 0 Å². The van der Waals surface area contributed by atoms with Crippen LogP contribution in [0.2, 0.25) is 5.02 Å². The smallest absolute Gasteiger partial charge is 0.294 e. The van der Waals surface area contributed by atoms with Gasteiger partial charge in [0.2, 0.25) is 0 Å². The van der Waals surface area contributed by atoms with Gasteiger partial charge in [-0.25, -0.2) is 0 Å². The molecule has 100 valence electrons. The molecule has 0 N–H and O–H groups in total. The van der Waals surface area contributed by atoms with Gasteiger partial charge < -0.3 is 0 Å². The number of rotatable bonds is 2. The molecule has 0 atom stereocenters. The minimum Gasteiger partial charge on any atom is -0.294 e. The molecule has 1 heterocycles. The molecule has 0 spiro atoms. The van der Waals surface area contributed by atoms with E-state index in [0.29, 0.717) is 15.3 Å². The van der Waals surface area contributed by atoms with Gasteiger partial charge in [0.25, 0.3) is 0 Å². The third kappa shape index (κ3) is 2.98. The van der Waals surface area contributed by atoms with Crippen molar-refractivity contribution in [2.45, 2.75) is 13.1 Å². The first-order valence-corrected chi connectivity index (χ1v) is 6.46. The lowest BCUT2D eigenvalue weighted by molar-refractivity contribution is -0.137. The number of alkyl halides is 3. The van der Waals surface area contributed by atoms with Crippen LogP contribution in [0.15, 0.2) is 30.3 Å². The summed E-state index contributed by atoms with van der Waals surface area (Å²) in [5.41, 5.74) is -0.473. The van der Waals surface area contributed by atoms with Gasteiger partial charge in [-0.3, -0.25) is 4.79 Å². The summed E-state index contributed by atoms with van der Waals surface area (Å²) in [6.45, 7) is 1.42. The molecule has 2 aromatic rings. The molecule has 0 aliphatic heterocycles. The molecule has 0 aliphatic carbocycles. The zero-order chi connectivity index (χ0) is 14.2. The highest BCUT2D eigenvalue weighted by atomic mass is 35.5. The Balaban J connectivity index is 2.48. The average molecular weight is 305 g/mol. The second-order valence-electron chi connectivity index (χ2n) is 3.91. The Bertz CT molecular complexity index is 631. The van der Waals surface area contributed by atoms with Crippen LogP contribution in [-0.4, -0.2) is 5.78 Å². The third-order valence-corrected chi connectivity index (χ3v) is 4.07. The molecule has 0 amide bonds. The topological polar surface area (TPSA) is 17.1 Å². The standard InChI is InChI=1S/C13H8ClF3OS/c1-7(18)11-4-5-12(19-11)8-2-3-10(14)9(6-8)13(15,16)17/h2-6H,1H3. The summed E-state index contributed by atoms with van der Waals surface area (Å²) in [5, 5.41) is -0.334. The maximum atomic E-state index is 12.7. The van der Waals surface area contributed by atoms with Crippen molar-refractivity contribution in [3.05, 3.63) is 45.8 Å². The zero-order valence-electron chi connectivity index (χ0n) is 9.72. The Hall–Kier alpha value is -1.33. The minimum atomic E-state index is -4.49. The number of thiophene rings is 1. The highest BCUT2D eigenvalue weighted by molar-refractivity contribution is 7.17. The second-order valence-corrected chi connectivity index (χ2v) is 5.40. The number of hydrogen-bond donors (Lipinski definition) is 0. The molecule has 19 heavy (non-hydrogen) atoms. The summed E-state index contributed by atoms with van der Waals surface area (Å²) in [6.07, 6.45) is -4.49. The number of carbonyl (C=O) groups is 1. The largest absolute Gasteiger partial charge is 0.417 e. The van der Waals surface area contributed by atoms with Crippen molar-refractivity contribution in [2.24, 2.45) is 0 Å². The van der Waals surface area contributed by atoms with E-state index in [-0.39, 0.29) is 10.8 Å². The molecule has 0 saturated carbocycles. The second kappa shape index (κ2) is 4.98. The average Bonchev–Trinajstić information content (AvgIpc) is 2.77. The van der Waals surface area contributed by atoms with Crippen LogP contribution in [0.3, 0.4) is 0 Å². The fourth-order valence-electron chi connectivity index (χ4n) is 1.58. The summed E-state index contributed by atoms with van der Waals surface area (Å²) in [4.78, 5) is 12.3. The third-order valence-electron chi connectivity index (χ3n) is 2.51. The lowest BCUT2D eigenvalue weighted by Gasteiger charge is -2.10. The van der Waals surface area contributed by atoms with Crippen LogP contribution in [0, 0.1) is 0 Å². The van der Waals surface area contributed by atoms with Gasteiger partial charge in [-0.2, -0.15) is 13.2 Å². The SMILES string of the molecule is CC(=O)c1ccc(-c2ccc(Cl)c(C(F)(F)F)c2)s1. The van der Waals surface area contributed by atoms with Crippen LogP contribution in [0.25, 0.3) is 10.4 Å². The molecule has 0 radical (unpaired) electrons. The Morgan fingerprint density at radius 3 is 2.42 bits per heavy atom. The molecule has 1 aromatic carbocycles. The fraction of sp³-hybridized carbons (Fsp3) is 0.154. The van der Waals surface area contributed by atoms with E-state index in [2.05, 4.69) is 0 Å². The van der Waals surface area contributed by atoms with Crippen LogP contribution in [0.1, 0.15) is 22.2 Å². The van der Waals surface area contributed by atoms with Crippen molar-refractivity contribution in [2.75, 3.05) is 0 Å². The van der Waals surface area contributed by atoms with E-state index >= 15 is 0 Å². The van der Waals surface area contributed by atoms with Crippen molar-refractivity contribution >= 4 is 28.7 Å². The predicted octanol–water partition coefficient (Wildman–Crippen LogP) is 5.29. The summed E-state index contributed by atoms with van der Waals surface area (Å²) < 4.78 is 38.2. The fourth-order valence-corrected chi connectivity index (χ4v) is 2.70. The molecule has 0 unspecified atom stereocenters. The summed E-state index contributed by atoms with van der Waals surface area (Å²) in [7, 11) is 0. The summed E-state index contributed by atoms with van der Waals surface area (Å²) in [5.74, 6) is -0.110. The highest BCUT2D eigenvalue weighted by Crippen LogP contribution is 2.38. The van der Waals surface area contributed by atoms with E-state index in [0.717, 1.165) is 17.4 Å². The molecule has 2 rings (SSSR count). The Labute approximate surface area is 116 Å². The van der Waals surface area contributed by atoms with E-state index in [1.165, 1.54) is 19.1 Å². The van der Waals surface area contributed by atoms with E-state index < -0.39 is 11.7 Å². The number of carbonyl (C=O) groups excluding carboxylic acids is 1. The zero-order valence-corrected chi connectivity index (χ0v) is 11.3. The molecule has 1 aromatic heterocycles. The van der Waals surface area contributed by atoms with Crippen LogP contribution < -0.4 is 0 Å². The van der Waals surface area contributed by atoms with Gasteiger partial charge in [0.1, 0.15) is 0 Å². The quantitative estimate of drug-likeness (QED) is 0.689. The van der Waals surface area contributed by atoms with Gasteiger partial charge in [-0.05, 0) is 36.8 Å². The summed E-state index contributed by atoms with van der Waals surface area (Å²) in [6, 6.07) is 6.95. The van der Waals surface area contributed by atoms with Crippen LogP contribution in [0.4, 0.5) is 13.2 Å². The predicted molar refractivity (Wildman–Crippen MR) is 69.8 cm³/mol. The molecule has 1 nitrogen and oxygen atoms in total. The Morgan fingerprint density at radius 1 is 1.21 bits per heavy atom. The normalized spacial score (nSPS) is 11.6. The Morgan fingerprint density at radius 2 is 1.89 bits per heavy atom. The van der Waals surface area contributed by atoms with Crippen LogP contribution in [-0.2, 0) is 6.18 Å². The van der Waals surface area contributed by atoms with Crippen molar-refractivity contribution in [1.29, 1.82) is 0 Å². The first kappa shape index (κ1) is 14.1. The maximum absolute atomic E-state index is 12.7. The van der Waals surface area contributed by atoms with Gasteiger partial charge in [0.05, 0.1) is 15.5 Å². The first-order chi connectivity index (χ1) is 8.79. The summed E-state index contributed by atoms with van der Waals surface area (Å²) >= 11 is 6.71. The van der Waals surface area contributed by atoms with Gasteiger partial charge in [0, 0.05) is 4.88 Å². The van der Waals surface area contributed by atoms with Crippen LogP contribution in [0.5, 0.6) is 0 Å². The van der Waals surface area contributed by atoms with Crippen molar-refractivity contribution in [3.63, 3.8) is 0 Å². The number of halogens is 4. The van der Waals surface area contributed by atoms with E-state index in [4.69, 9.17) is 11.6 Å². The molecule has 0 fully saturated rings. The van der Waals surface area contributed by atoms with Gasteiger partial charge >= 0.3 is 6.18 Å². The monoisotopic (exact) mass is 304 g/mol. The van der Waals surface area contributed by atoms with Gasteiger partial charge in [-0.15, -0.1) is 11.3 Å². The number of ketones is 1. The molecule has 6 heteroatoms. The number of hydrogen-bond acceptors (Lipinski definition) is 2. The van der Waals surface area contributed by atoms with Gasteiger partial charge in [0.15, 0.2) is 5.78 Å².